The summed E-state index contributed by atoms with van der Waals surface area (Å²) in [6.07, 6.45) is 0.970. The normalized spacial score (nSPS) is 10.7. The molecule has 0 aromatic heterocycles. The Morgan fingerprint density at radius 1 is 1.32 bits per heavy atom. The first-order chi connectivity index (χ1) is 9.13. The summed E-state index contributed by atoms with van der Waals surface area (Å²) in [5, 5.41) is 0. The maximum absolute atomic E-state index is 5.68. The minimum atomic E-state index is 0.393. The van der Waals surface area contributed by atoms with Gasteiger partial charge < -0.3 is 20.1 Å². The molecule has 0 aliphatic rings. The molecule has 0 spiro atoms. The average Bonchev–Trinajstić information content (AvgIpc) is 2.41. The van der Waals surface area contributed by atoms with Crippen LogP contribution in [0.1, 0.15) is 12.0 Å². The van der Waals surface area contributed by atoms with Crippen LogP contribution in [0.15, 0.2) is 24.3 Å². The second-order valence-corrected chi connectivity index (χ2v) is 4.83. The van der Waals surface area contributed by atoms with Crippen molar-refractivity contribution >= 4 is 17.2 Å². The fourth-order valence-corrected chi connectivity index (χ4v) is 1.75. The van der Waals surface area contributed by atoms with Crippen LogP contribution in [0.4, 0.5) is 0 Å². The molecule has 5 heteroatoms. The summed E-state index contributed by atoms with van der Waals surface area (Å²) >= 11 is 4.94. The predicted molar refractivity (Wildman–Crippen MR) is 81.8 cm³/mol. The molecular weight excluding hydrogens is 260 g/mol. The highest BCUT2D eigenvalue weighted by atomic mass is 32.1. The van der Waals surface area contributed by atoms with Crippen molar-refractivity contribution in [1.82, 2.24) is 4.90 Å². The lowest BCUT2D eigenvalue weighted by molar-refractivity contribution is 0.157. The van der Waals surface area contributed by atoms with Crippen LogP contribution >= 0.6 is 12.2 Å². The van der Waals surface area contributed by atoms with Crippen LogP contribution in [-0.4, -0.2) is 50.3 Å². The van der Waals surface area contributed by atoms with Crippen LogP contribution in [0.2, 0.25) is 0 Å². The Kier molecular flexibility index (Phi) is 7.40. The molecule has 0 amide bonds. The molecule has 0 saturated carbocycles. The van der Waals surface area contributed by atoms with Crippen molar-refractivity contribution in [2.75, 3.05) is 40.5 Å². The van der Waals surface area contributed by atoms with Crippen LogP contribution in [0, 0.1) is 0 Å². The number of ether oxygens (including phenoxy) is 2. The molecule has 4 nitrogen and oxygen atoms in total. The molecule has 1 aromatic rings. The summed E-state index contributed by atoms with van der Waals surface area (Å²) in [6.45, 7) is 3.36. The van der Waals surface area contributed by atoms with E-state index in [0.717, 1.165) is 37.4 Å². The molecule has 0 saturated heterocycles. The molecular formula is C14H22N2O2S. The lowest BCUT2D eigenvalue weighted by Gasteiger charge is -2.16. The molecule has 0 atom stereocenters. The lowest BCUT2D eigenvalue weighted by atomic mass is 10.2. The Balaban J connectivity index is 2.25. The predicted octanol–water partition coefficient (Wildman–Crippen LogP) is 1.67. The van der Waals surface area contributed by atoms with E-state index < -0.39 is 0 Å². The fraction of sp³-hybridized carbons (Fsp3) is 0.500. The van der Waals surface area contributed by atoms with E-state index in [0.29, 0.717) is 11.6 Å². The van der Waals surface area contributed by atoms with Crippen LogP contribution in [0.3, 0.4) is 0 Å². The van der Waals surface area contributed by atoms with Gasteiger partial charge in [0.2, 0.25) is 0 Å². The fourth-order valence-electron chi connectivity index (χ4n) is 1.62. The van der Waals surface area contributed by atoms with Crippen molar-refractivity contribution in [1.29, 1.82) is 0 Å². The van der Waals surface area contributed by atoms with Gasteiger partial charge in [-0.1, -0.05) is 24.4 Å². The van der Waals surface area contributed by atoms with Crippen molar-refractivity contribution < 1.29 is 9.47 Å². The summed E-state index contributed by atoms with van der Waals surface area (Å²) in [6, 6.07) is 7.57. The third-order valence-electron chi connectivity index (χ3n) is 2.75. The van der Waals surface area contributed by atoms with Gasteiger partial charge in [-0.05, 0) is 25.6 Å². The summed E-state index contributed by atoms with van der Waals surface area (Å²) in [5.74, 6) is 0.810. The van der Waals surface area contributed by atoms with Crippen molar-refractivity contribution in [2.45, 2.75) is 6.42 Å². The zero-order chi connectivity index (χ0) is 14.1. The zero-order valence-corrected chi connectivity index (χ0v) is 12.4. The van der Waals surface area contributed by atoms with Gasteiger partial charge in [-0.25, -0.2) is 0 Å². The van der Waals surface area contributed by atoms with Gasteiger partial charge in [0.15, 0.2) is 0 Å². The number of likely N-dealkylation sites (N-methyl/N-ethyl adjacent to an activating group) is 1. The van der Waals surface area contributed by atoms with Crippen LogP contribution in [-0.2, 0) is 4.74 Å². The first kappa shape index (κ1) is 15.9. The topological polar surface area (TPSA) is 47.7 Å². The number of thiocarbonyl (C=S) groups is 1. The van der Waals surface area contributed by atoms with Gasteiger partial charge >= 0.3 is 0 Å². The number of methoxy groups -OCH3 is 1. The van der Waals surface area contributed by atoms with Crippen molar-refractivity contribution in [3.8, 4) is 5.75 Å². The Bertz CT molecular complexity index is 399. The molecule has 0 unspecified atom stereocenters. The number of benzene rings is 1. The molecule has 0 fully saturated rings. The third kappa shape index (κ3) is 6.52. The van der Waals surface area contributed by atoms with E-state index in [4.69, 9.17) is 27.4 Å². The van der Waals surface area contributed by atoms with Crippen molar-refractivity contribution in [3.05, 3.63) is 29.8 Å². The van der Waals surface area contributed by atoms with E-state index in [-0.39, 0.29) is 0 Å². The van der Waals surface area contributed by atoms with E-state index >= 15 is 0 Å². The van der Waals surface area contributed by atoms with Crippen molar-refractivity contribution in [2.24, 2.45) is 5.73 Å². The molecule has 0 aliphatic heterocycles. The maximum Gasteiger partial charge on any atom is 0.119 e. The first-order valence-electron chi connectivity index (χ1n) is 6.33. The standard InChI is InChI=1S/C14H22N2O2S/c1-16(8-10-17-2)7-4-9-18-13-6-3-5-12(11-13)14(15)19/h3,5-6,11H,4,7-10H2,1-2H3,(H2,15,19). The van der Waals surface area contributed by atoms with Gasteiger partial charge in [0.1, 0.15) is 10.7 Å². The van der Waals surface area contributed by atoms with E-state index in [1.54, 1.807) is 7.11 Å². The van der Waals surface area contributed by atoms with Crippen LogP contribution in [0.25, 0.3) is 0 Å². The van der Waals surface area contributed by atoms with Gasteiger partial charge in [-0.3, -0.25) is 0 Å². The minimum Gasteiger partial charge on any atom is -0.494 e. The monoisotopic (exact) mass is 282 g/mol. The Morgan fingerprint density at radius 3 is 2.79 bits per heavy atom. The van der Waals surface area contributed by atoms with Crippen molar-refractivity contribution in [3.63, 3.8) is 0 Å². The van der Waals surface area contributed by atoms with Crippen LogP contribution in [0.5, 0.6) is 5.75 Å². The first-order valence-corrected chi connectivity index (χ1v) is 6.74. The van der Waals surface area contributed by atoms with Gasteiger partial charge in [0.05, 0.1) is 13.2 Å². The second-order valence-electron chi connectivity index (χ2n) is 4.39. The highest BCUT2D eigenvalue weighted by Crippen LogP contribution is 2.13. The van der Waals surface area contributed by atoms with Crippen LogP contribution < -0.4 is 10.5 Å². The maximum atomic E-state index is 5.68. The molecule has 106 valence electrons. The highest BCUT2D eigenvalue weighted by molar-refractivity contribution is 7.80. The van der Waals surface area contributed by atoms with Gasteiger partial charge in [0, 0.05) is 25.8 Å². The number of nitrogens with zero attached hydrogens (tertiary/aromatic N) is 1. The summed E-state index contributed by atoms with van der Waals surface area (Å²) in [5.41, 5.74) is 6.42. The van der Waals surface area contributed by atoms with E-state index in [9.17, 15) is 0 Å². The molecule has 2 N–H and O–H groups in total. The summed E-state index contributed by atoms with van der Waals surface area (Å²) in [4.78, 5) is 2.61. The molecule has 0 heterocycles. The molecule has 1 aromatic carbocycles. The van der Waals surface area contributed by atoms with Gasteiger partial charge in [-0.15, -0.1) is 0 Å². The molecule has 19 heavy (non-hydrogen) atoms. The number of hydrogen-bond acceptors (Lipinski definition) is 4. The van der Waals surface area contributed by atoms with Gasteiger partial charge in [0.25, 0.3) is 0 Å². The average molecular weight is 282 g/mol. The zero-order valence-electron chi connectivity index (χ0n) is 11.6. The number of rotatable bonds is 9. The Morgan fingerprint density at radius 2 is 2.11 bits per heavy atom. The molecule has 0 radical (unpaired) electrons. The third-order valence-corrected chi connectivity index (χ3v) is 2.98. The molecule has 1 rings (SSSR count). The molecule has 0 aliphatic carbocycles. The number of hydrogen-bond donors (Lipinski definition) is 1. The summed E-state index contributed by atoms with van der Waals surface area (Å²) < 4.78 is 10.7. The van der Waals surface area contributed by atoms with E-state index in [1.165, 1.54) is 0 Å². The Labute approximate surface area is 120 Å². The SMILES string of the molecule is COCCN(C)CCCOc1cccc(C(N)=S)c1. The smallest absolute Gasteiger partial charge is 0.119 e. The van der Waals surface area contributed by atoms with E-state index in [1.807, 2.05) is 24.3 Å². The molecule has 0 bridgehead atoms. The largest absolute Gasteiger partial charge is 0.494 e. The second kappa shape index (κ2) is 8.85. The van der Waals surface area contributed by atoms with E-state index in [2.05, 4.69) is 11.9 Å². The quantitative estimate of drug-likeness (QED) is 0.551. The lowest BCUT2D eigenvalue weighted by Crippen LogP contribution is -2.25. The highest BCUT2D eigenvalue weighted by Gasteiger charge is 2.01. The number of nitrogens with two attached hydrogens (primary N) is 1. The summed E-state index contributed by atoms with van der Waals surface area (Å²) in [7, 11) is 3.79. The Hall–Kier alpha value is -1.17. The van der Waals surface area contributed by atoms with Gasteiger partial charge in [-0.2, -0.15) is 0 Å². The minimum absolute atomic E-state index is 0.393.